The Labute approximate surface area is 187 Å². The number of aryl methyl sites for hydroxylation is 1. The molecule has 1 aliphatic rings. The fourth-order valence-corrected chi connectivity index (χ4v) is 5.16. The lowest BCUT2D eigenvalue weighted by atomic mass is 10.1. The van der Waals surface area contributed by atoms with E-state index in [2.05, 4.69) is 0 Å². The number of benzene rings is 1. The van der Waals surface area contributed by atoms with Gasteiger partial charge in [-0.1, -0.05) is 0 Å². The molecule has 2 aromatic heterocycles. The molecule has 3 heterocycles. The first kappa shape index (κ1) is 22.3. The van der Waals surface area contributed by atoms with Crippen LogP contribution < -0.4 is 4.74 Å². The topological polar surface area (TPSA) is 91.0 Å². The van der Waals surface area contributed by atoms with Gasteiger partial charge in [0.15, 0.2) is 6.61 Å². The molecule has 0 radical (unpaired) electrons. The Morgan fingerprint density at radius 2 is 1.81 bits per heavy atom. The molecule has 0 N–H and O–H groups in total. The van der Waals surface area contributed by atoms with Crippen molar-refractivity contribution in [3.63, 3.8) is 0 Å². The van der Waals surface area contributed by atoms with Gasteiger partial charge in [0, 0.05) is 30.0 Å². The molecule has 1 fully saturated rings. The number of morpholine rings is 1. The monoisotopic (exact) mass is 458 g/mol. The molecule has 1 aromatic carbocycles. The van der Waals surface area contributed by atoms with Crippen molar-refractivity contribution in [3.8, 4) is 5.75 Å². The third kappa shape index (κ3) is 4.64. The fourth-order valence-electron chi connectivity index (χ4n) is 3.76. The Balaban J connectivity index is 1.40. The number of hydrogen-bond donors (Lipinski definition) is 0. The van der Waals surface area contributed by atoms with Crippen LogP contribution in [0.3, 0.4) is 0 Å². The molecular formula is C23H26N2O6S. The Kier molecular flexibility index (Phi) is 6.50. The van der Waals surface area contributed by atoms with E-state index in [4.69, 9.17) is 13.9 Å². The van der Waals surface area contributed by atoms with Crippen LogP contribution in [0.1, 0.15) is 27.5 Å². The van der Waals surface area contributed by atoms with Gasteiger partial charge in [0.25, 0.3) is 0 Å². The van der Waals surface area contributed by atoms with Crippen LogP contribution in [0.15, 0.2) is 58.0 Å². The van der Waals surface area contributed by atoms with Crippen molar-refractivity contribution in [1.82, 2.24) is 8.87 Å². The first-order chi connectivity index (χ1) is 15.4. The standard InChI is InChI=1S/C23H26N2O6S/c1-17-14-22(18(2)25(17)15-20-4-3-11-30-20)23(26)16-31-19-5-7-21(8-6-19)32(27,28)24-9-12-29-13-10-24/h3-8,11,14H,9-10,12-13,15-16H2,1-2H3. The largest absolute Gasteiger partial charge is 0.485 e. The minimum Gasteiger partial charge on any atom is -0.485 e. The Bertz CT molecular complexity index is 1170. The van der Waals surface area contributed by atoms with Crippen molar-refractivity contribution in [3.05, 3.63) is 71.4 Å². The van der Waals surface area contributed by atoms with E-state index < -0.39 is 10.0 Å². The molecule has 1 aliphatic heterocycles. The Morgan fingerprint density at radius 1 is 1.09 bits per heavy atom. The number of hydrogen-bond acceptors (Lipinski definition) is 6. The summed E-state index contributed by atoms with van der Waals surface area (Å²) in [6.45, 7) is 5.73. The van der Waals surface area contributed by atoms with E-state index in [0.29, 0.717) is 44.2 Å². The quantitative estimate of drug-likeness (QED) is 0.482. The van der Waals surface area contributed by atoms with Gasteiger partial charge in [0.1, 0.15) is 11.5 Å². The number of ketones is 1. The van der Waals surface area contributed by atoms with E-state index in [-0.39, 0.29) is 17.3 Å². The highest BCUT2D eigenvalue weighted by Crippen LogP contribution is 2.22. The smallest absolute Gasteiger partial charge is 0.243 e. The maximum Gasteiger partial charge on any atom is 0.243 e. The summed E-state index contributed by atoms with van der Waals surface area (Å²) in [4.78, 5) is 13.0. The number of carbonyl (C=O) groups is 1. The molecule has 0 aliphatic carbocycles. The van der Waals surface area contributed by atoms with Gasteiger partial charge in [0.05, 0.1) is 30.9 Å². The third-order valence-electron chi connectivity index (χ3n) is 5.57. The lowest BCUT2D eigenvalue weighted by molar-refractivity contribution is 0.0730. The van der Waals surface area contributed by atoms with Gasteiger partial charge in [-0.2, -0.15) is 4.31 Å². The number of rotatable bonds is 8. The lowest BCUT2D eigenvalue weighted by Crippen LogP contribution is -2.40. The number of sulfonamides is 1. The van der Waals surface area contributed by atoms with E-state index in [9.17, 15) is 13.2 Å². The third-order valence-corrected chi connectivity index (χ3v) is 7.48. The second kappa shape index (κ2) is 9.32. The number of Topliss-reactive ketones (excluding diaryl/α,β-unsaturated/α-hetero) is 1. The number of nitrogens with zero attached hydrogens (tertiary/aromatic N) is 2. The highest BCUT2D eigenvalue weighted by molar-refractivity contribution is 7.89. The number of aromatic nitrogens is 1. The maximum absolute atomic E-state index is 12.8. The van der Waals surface area contributed by atoms with Gasteiger partial charge in [-0.25, -0.2) is 8.42 Å². The molecule has 8 nitrogen and oxygen atoms in total. The minimum absolute atomic E-state index is 0.138. The highest BCUT2D eigenvalue weighted by atomic mass is 32.2. The molecule has 1 saturated heterocycles. The number of carbonyl (C=O) groups excluding carboxylic acids is 1. The van der Waals surface area contributed by atoms with E-state index in [0.717, 1.165) is 17.1 Å². The zero-order valence-corrected chi connectivity index (χ0v) is 18.9. The first-order valence-electron chi connectivity index (χ1n) is 10.4. The molecule has 0 bridgehead atoms. The van der Waals surface area contributed by atoms with Crippen molar-refractivity contribution >= 4 is 15.8 Å². The van der Waals surface area contributed by atoms with Crippen molar-refractivity contribution in [2.45, 2.75) is 25.3 Å². The summed E-state index contributed by atoms with van der Waals surface area (Å²) < 4.78 is 45.1. The molecular weight excluding hydrogens is 432 g/mol. The maximum atomic E-state index is 12.8. The van der Waals surface area contributed by atoms with Crippen LogP contribution in [0, 0.1) is 13.8 Å². The number of ether oxygens (including phenoxy) is 2. The van der Waals surface area contributed by atoms with Gasteiger partial charge in [-0.15, -0.1) is 0 Å². The Hall–Kier alpha value is -2.88. The van der Waals surface area contributed by atoms with Crippen molar-refractivity contribution in [2.75, 3.05) is 32.9 Å². The summed E-state index contributed by atoms with van der Waals surface area (Å²) in [6.07, 6.45) is 1.63. The average molecular weight is 459 g/mol. The predicted octanol–water partition coefficient (Wildman–Crippen LogP) is 3.03. The predicted molar refractivity (Wildman–Crippen MR) is 118 cm³/mol. The van der Waals surface area contributed by atoms with Crippen LogP contribution in [0.5, 0.6) is 5.75 Å². The molecule has 170 valence electrons. The van der Waals surface area contributed by atoms with Gasteiger partial charge >= 0.3 is 0 Å². The normalized spacial score (nSPS) is 15.1. The van der Waals surface area contributed by atoms with Gasteiger partial charge in [-0.3, -0.25) is 4.79 Å². The zero-order chi connectivity index (χ0) is 22.7. The lowest BCUT2D eigenvalue weighted by Gasteiger charge is -2.26. The average Bonchev–Trinajstić information content (AvgIpc) is 3.42. The van der Waals surface area contributed by atoms with Crippen LogP contribution >= 0.6 is 0 Å². The van der Waals surface area contributed by atoms with E-state index in [1.165, 1.54) is 16.4 Å². The molecule has 0 unspecified atom stereocenters. The second-order valence-corrected chi connectivity index (χ2v) is 9.59. The van der Waals surface area contributed by atoms with Gasteiger partial charge in [0.2, 0.25) is 15.8 Å². The second-order valence-electron chi connectivity index (χ2n) is 7.65. The first-order valence-corrected chi connectivity index (χ1v) is 11.8. The van der Waals surface area contributed by atoms with Gasteiger partial charge in [-0.05, 0) is 56.3 Å². The summed E-state index contributed by atoms with van der Waals surface area (Å²) in [5.74, 6) is 1.10. The summed E-state index contributed by atoms with van der Waals surface area (Å²) in [7, 11) is -3.56. The van der Waals surface area contributed by atoms with Crippen molar-refractivity contribution in [1.29, 1.82) is 0 Å². The van der Waals surface area contributed by atoms with Crippen LogP contribution in [-0.2, 0) is 21.3 Å². The molecule has 0 atom stereocenters. The highest BCUT2D eigenvalue weighted by Gasteiger charge is 2.26. The van der Waals surface area contributed by atoms with E-state index in [1.54, 1.807) is 18.4 Å². The molecule has 0 spiro atoms. The van der Waals surface area contributed by atoms with Crippen LogP contribution in [0.2, 0.25) is 0 Å². The van der Waals surface area contributed by atoms with Crippen molar-refractivity contribution in [2.24, 2.45) is 0 Å². The van der Waals surface area contributed by atoms with Crippen LogP contribution in [0.4, 0.5) is 0 Å². The summed E-state index contributed by atoms with van der Waals surface area (Å²) in [5.41, 5.74) is 2.40. The van der Waals surface area contributed by atoms with Crippen LogP contribution in [-0.4, -0.2) is 56.0 Å². The zero-order valence-electron chi connectivity index (χ0n) is 18.1. The summed E-state index contributed by atoms with van der Waals surface area (Å²) in [5, 5.41) is 0. The minimum atomic E-state index is -3.56. The summed E-state index contributed by atoms with van der Waals surface area (Å²) >= 11 is 0. The fraction of sp³-hybridized carbons (Fsp3) is 0.348. The Morgan fingerprint density at radius 3 is 2.47 bits per heavy atom. The molecule has 32 heavy (non-hydrogen) atoms. The summed E-state index contributed by atoms with van der Waals surface area (Å²) in [6, 6.07) is 11.7. The molecule has 0 saturated carbocycles. The SMILES string of the molecule is Cc1cc(C(=O)COc2ccc(S(=O)(=O)N3CCOCC3)cc2)c(C)n1Cc1ccco1. The molecule has 9 heteroatoms. The molecule has 3 aromatic rings. The van der Waals surface area contributed by atoms with Gasteiger partial charge < -0.3 is 18.5 Å². The van der Waals surface area contributed by atoms with E-state index in [1.807, 2.05) is 36.6 Å². The van der Waals surface area contributed by atoms with Crippen molar-refractivity contribution < 1.29 is 27.1 Å². The number of furan rings is 1. The van der Waals surface area contributed by atoms with E-state index >= 15 is 0 Å². The van der Waals surface area contributed by atoms with Crippen LogP contribution in [0.25, 0.3) is 0 Å². The molecule has 0 amide bonds. The molecule has 4 rings (SSSR count).